The van der Waals surface area contributed by atoms with Gasteiger partial charge in [0.15, 0.2) is 6.29 Å². The number of aliphatic imine (C=N–C) groups is 1. The zero-order chi connectivity index (χ0) is 25.1. The summed E-state index contributed by atoms with van der Waals surface area (Å²) in [5, 5.41) is 53.6. The molecule has 1 aliphatic rings. The van der Waals surface area contributed by atoms with E-state index in [9.17, 15) is 30.0 Å². The minimum absolute atomic E-state index is 0.0348. The van der Waals surface area contributed by atoms with Crippen LogP contribution in [0.2, 0.25) is 0 Å². The van der Waals surface area contributed by atoms with E-state index >= 15 is 0 Å². The number of carbonyl (C=O) groups is 2. The van der Waals surface area contributed by atoms with Gasteiger partial charge in [-0.15, -0.1) is 0 Å². The molecule has 0 spiro atoms. The summed E-state index contributed by atoms with van der Waals surface area (Å²) in [4.78, 5) is 27.6. The number of nitrogens with one attached hydrogen (secondary N) is 2. The van der Waals surface area contributed by atoms with Gasteiger partial charge in [-0.2, -0.15) is 0 Å². The fourth-order valence-corrected chi connectivity index (χ4v) is 3.41. The van der Waals surface area contributed by atoms with E-state index in [0.717, 1.165) is 5.56 Å². The first kappa shape index (κ1) is 27.5. The molecule has 6 atom stereocenters. The Kier molecular flexibility index (Phi) is 11.2. The zero-order valence-corrected chi connectivity index (χ0v) is 18.9. The first-order valence-electron chi connectivity index (χ1n) is 11.0. The van der Waals surface area contributed by atoms with Crippen LogP contribution in [0.5, 0.6) is 0 Å². The highest BCUT2D eigenvalue weighted by Gasteiger charge is 2.43. The van der Waals surface area contributed by atoms with Crippen LogP contribution in [-0.2, 0) is 20.9 Å². The fourth-order valence-electron chi connectivity index (χ4n) is 3.41. The van der Waals surface area contributed by atoms with Crippen LogP contribution >= 0.6 is 0 Å². The molecule has 0 aliphatic carbocycles. The number of amidine groups is 1. The predicted molar refractivity (Wildman–Crippen MR) is 120 cm³/mol. The van der Waals surface area contributed by atoms with E-state index in [1.807, 2.05) is 6.07 Å². The van der Waals surface area contributed by atoms with Crippen molar-refractivity contribution in [3.05, 3.63) is 35.9 Å². The maximum Gasteiger partial charge on any atom is 0.408 e. The van der Waals surface area contributed by atoms with Crippen molar-refractivity contribution in [2.45, 2.75) is 69.5 Å². The third-order valence-electron chi connectivity index (χ3n) is 5.33. The van der Waals surface area contributed by atoms with E-state index in [1.54, 1.807) is 31.2 Å². The highest BCUT2D eigenvalue weighted by atomic mass is 16.6. The SMILES string of the molecule is CC(=NCCCC[C@H](NC(=O)OCc1ccccc1)C(=O)O)N[C@@H]1[C@@H](O)[C@H](O)[C@@H](CO)O[C@@H]1O. The van der Waals surface area contributed by atoms with Crippen molar-refractivity contribution in [2.75, 3.05) is 13.2 Å². The lowest BCUT2D eigenvalue weighted by atomic mass is 9.97. The van der Waals surface area contributed by atoms with Crippen molar-refractivity contribution >= 4 is 17.9 Å². The molecule has 34 heavy (non-hydrogen) atoms. The number of carboxylic acids is 1. The van der Waals surface area contributed by atoms with Crippen LogP contribution in [0, 0.1) is 0 Å². The molecule has 12 nitrogen and oxygen atoms in total. The van der Waals surface area contributed by atoms with E-state index in [-0.39, 0.29) is 13.0 Å². The Balaban J connectivity index is 1.71. The molecule has 1 saturated heterocycles. The summed E-state index contributed by atoms with van der Waals surface area (Å²) >= 11 is 0. The van der Waals surface area contributed by atoms with Crippen LogP contribution in [0.25, 0.3) is 0 Å². The summed E-state index contributed by atoms with van der Waals surface area (Å²) in [6, 6.07) is 6.88. The monoisotopic (exact) mass is 483 g/mol. The van der Waals surface area contributed by atoms with Gasteiger partial charge in [-0.1, -0.05) is 30.3 Å². The normalized spacial score (nSPS) is 25.9. The van der Waals surface area contributed by atoms with Crippen molar-refractivity contribution in [1.82, 2.24) is 10.6 Å². The lowest BCUT2D eigenvalue weighted by Gasteiger charge is -2.40. The molecule has 2 rings (SSSR count). The van der Waals surface area contributed by atoms with Crippen LogP contribution in [-0.4, -0.2) is 93.3 Å². The van der Waals surface area contributed by atoms with Gasteiger partial charge in [0, 0.05) is 6.54 Å². The lowest BCUT2D eigenvalue weighted by Crippen LogP contribution is -2.63. The third kappa shape index (κ3) is 8.54. The molecule has 1 aliphatic heterocycles. The van der Waals surface area contributed by atoms with Gasteiger partial charge in [0.05, 0.1) is 12.4 Å². The molecule has 1 aromatic carbocycles. The van der Waals surface area contributed by atoms with Crippen molar-refractivity contribution in [1.29, 1.82) is 0 Å². The minimum atomic E-state index is -1.45. The third-order valence-corrected chi connectivity index (χ3v) is 5.33. The summed E-state index contributed by atoms with van der Waals surface area (Å²) in [5.74, 6) is -0.795. The Hall–Kier alpha value is -2.77. The molecular formula is C22H33N3O9. The van der Waals surface area contributed by atoms with Crippen molar-refractivity contribution in [3.63, 3.8) is 0 Å². The molecule has 1 amide bonds. The Morgan fingerprint density at radius 2 is 1.85 bits per heavy atom. The van der Waals surface area contributed by atoms with Gasteiger partial charge in [-0.25, -0.2) is 9.59 Å². The summed E-state index contributed by atoms with van der Waals surface area (Å²) in [6.45, 7) is 1.42. The van der Waals surface area contributed by atoms with Crippen molar-refractivity contribution in [2.24, 2.45) is 4.99 Å². The smallest absolute Gasteiger partial charge is 0.408 e. The molecule has 1 fully saturated rings. The topological polar surface area (TPSA) is 190 Å². The van der Waals surface area contributed by atoms with Crippen LogP contribution in [0.4, 0.5) is 4.79 Å². The number of aliphatic carboxylic acids is 1. The molecule has 0 aromatic heterocycles. The number of hydrogen-bond acceptors (Lipinski definition) is 9. The second kappa shape index (κ2) is 13.8. The van der Waals surface area contributed by atoms with Gasteiger partial charge in [0.25, 0.3) is 0 Å². The number of carbonyl (C=O) groups excluding carboxylic acids is 1. The number of carboxylic acid groups (broad SMARTS) is 1. The Morgan fingerprint density at radius 1 is 1.15 bits per heavy atom. The Morgan fingerprint density at radius 3 is 2.50 bits per heavy atom. The molecule has 190 valence electrons. The molecule has 7 N–H and O–H groups in total. The number of alkyl carbamates (subject to hydrolysis) is 1. The number of ether oxygens (including phenoxy) is 2. The van der Waals surface area contributed by atoms with E-state index in [1.165, 1.54) is 0 Å². The fraction of sp³-hybridized carbons (Fsp3) is 0.591. The molecule has 12 heteroatoms. The largest absolute Gasteiger partial charge is 0.480 e. The van der Waals surface area contributed by atoms with Crippen LogP contribution in [0.15, 0.2) is 35.3 Å². The second-order valence-corrected chi connectivity index (χ2v) is 7.96. The van der Waals surface area contributed by atoms with Gasteiger partial charge in [0.2, 0.25) is 0 Å². The molecule has 0 unspecified atom stereocenters. The van der Waals surface area contributed by atoms with Crippen LogP contribution < -0.4 is 10.6 Å². The highest BCUT2D eigenvalue weighted by molar-refractivity contribution is 5.80. The predicted octanol–water partition coefficient (Wildman–Crippen LogP) is -0.656. The quantitative estimate of drug-likeness (QED) is 0.121. The minimum Gasteiger partial charge on any atom is -0.480 e. The van der Waals surface area contributed by atoms with Gasteiger partial charge in [-0.3, -0.25) is 4.99 Å². The number of hydrogen-bond donors (Lipinski definition) is 7. The van der Waals surface area contributed by atoms with E-state index in [4.69, 9.17) is 14.6 Å². The number of aliphatic hydroxyl groups excluding tert-OH is 4. The molecule has 0 bridgehead atoms. The van der Waals surface area contributed by atoms with E-state index in [0.29, 0.717) is 25.2 Å². The van der Waals surface area contributed by atoms with Crippen molar-refractivity contribution in [3.8, 4) is 0 Å². The zero-order valence-electron chi connectivity index (χ0n) is 18.9. The number of rotatable bonds is 11. The summed E-state index contributed by atoms with van der Waals surface area (Å²) < 4.78 is 10.1. The second-order valence-electron chi connectivity index (χ2n) is 7.96. The van der Waals surface area contributed by atoms with E-state index in [2.05, 4.69) is 15.6 Å². The maximum absolute atomic E-state index is 11.9. The van der Waals surface area contributed by atoms with Gasteiger partial charge in [-0.05, 0) is 31.7 Å². The summed E-state index contributed by atoms with van der Waals surface area (Å²) in [6.07, 6.45) is -4.95. The van der Waals surface area contributed by atoms with Gasteiger partial charge >= 0.3 is 12.1 Å². The average Bonchev–Trinajstić information content (AvgIpc) is 2.82. The first-order valence-corrected chi connectivity index (χ1v) is 11.0. The average molecular weight is 484 g/mol. The van der Waals surface area contributed by atoms with Crippen LogP contribution in [0.1, 0.15) is 31.7 Å². The summed E-state index contributed by atoms with van der Waals surface area (Å²) in [5.41, 5.74) is 0.786. The Bertz CT molecular complexity index is 808. The highest BCUT2D eigenvalue weighted by Crippen LogP contribution is 2.19. The molecule has 1 aromatic rings. The Labute approximate surface area is 197 Å². The van der Waals surface area contributed by atoms with E-state index < -0.39 is 55.4 Å². The molecule has 1 heterocycles. The molecular weight excluding hydrogens is 450 g/mol. The van der Waals surface area contributed by atoms with Gasteiger partial charge in [0.1, 0.15) is 37.0 Å². The lowest BCUT2D eigenvalue weighted by molar-refractivity contribution is -0.252. The van der Waals surface area contributed by atoms with Crippen molar-refractivity contribution < 1.29 is 44.6 Å². The number of nitrogens with zero attached hydrogens (tertiary/aromatic N) is 1. The van der Waals surface area contributed by atoms with Crippen LogP contribution in [0.3, 0.4) is 0 Å². The molecule has 0 radical (unpaired) electrons. The number of unbranched alkanes of at least 4 members (excludes halogenated alkanes) is 1. The maximum atomic E-state index is 11.9. The number of benzene rings is 1. The standard InChI is InChI=1S/C22H33N3O9/c1-13(24-17-19(28)18(27)16(11-26)34-21(17)31)23-10-6-5-9-15(20(29)30)25-22(32)33-12-14-7-3-2-4-8-14/h2-4,7-8,15-19,21,26-28,31H,5-6,9-12H2,1H3,(H,23,24)(H,25,32)(H,29,30)/t15-,16+,17+,18+,19+,21-/m0/s1. The number of amides is 1. The summed E-state index contributed by atoms with van der Waals surface area (Å²) in [7, 11) is 0. The number of aliphatic hydroxyl groups is 4. The molecule has 0 saturated carbocycles. The van der Waals surface area contributed by atoms with Gasteiger partial charge < -0.3 is 45.6 Å². The first-order chi connectivity index (χ1) is 16.2.